The Kier molecular flexibility index (Phi) is 4.41. The van der Waals surface area contributed by atoms with Crippen LogP contribution in [0, 0.1) is 10.1 Å². The maximum atomic E-state index is 11.9. The molecule has 0 N–H and O–H groups in total. The molecule has 0 aliphatic carbocycles. The summed E-state index contributed by atoms with van der Waals surface area (Å²) >= 11 is -1.63. The minimum Gasteiger partial charge on any atom is -0.611 e. The summed E-state index contributed by atoms with van der Waals surface area (Å²) in [6.45, 7) is 1.54. The summed E-state index contributed by atoms with van der Waals surface area (Å²) in [6, 6.07) is 2.50. The van der Waals surface area contributed by atoms with Gasteiger partial charge < -0.3 is 9.29 Å². The molecule has 0 bridgehead atoms. The molecule has 1 unspecified atom stereocenters. The number of alkyl halides is 3. The highest BCUT2D eigenvalue weighted by Crippen LogP contribution is 2.31. The van der Waals surface area contributed by atoms with E-state index in [9.17, 15) is 27.8 Å². The molecule has 9 heteroatoms. The van der Waals surface area contributed by atoms with E-state index in [1.807, 2.05) is 0 Å². The van der Waals surface area contributed by atoms with Crippen molar-refractivity contribution in [2.24, 2.45) is 0 Å². The molecule has 1 aromatic carbocycles. The lowest BCUT2D eigenvalue weighted by molar-refractivity contribution is -0.388. The third kappa shape index (κ3) is 3.77. The van der Waals surface area contributed by atoms with Crippen LogP contribution in [0.3, 0.4) is 0 Å². The molecule has 0 radical (unpaired) electrons. The average Bonchev–Trinajstić information content (AvgIpc) is 2.25. The van der Waals surface area contributed by atoms with Gasteiger partial charge in [0.15, 0.2) is 0 Å². The quantitative estimate of drug-likeness (QED) is 0.483. The SMILES string of the molecule is CC[S+]([O-])c1ccc(OC(F)(F)F)cc1[N+](=O)[O-]. The summed E-state index contributed by atoms with van der Waals surface area (Å²) in [4.78, 5) is 9.67. The molecule has 100 valence electrons. The van der Waals surface area contributed by atoms with Crippen molar-refractivity contribution >= 4 is 16.9 Å². The van der Waals surface area contributed by atoms with Gasteiger partial charge in [-0.15, -0.1) is 13.2 Å². The van der Waals surface area contributed by atoms with Crippen molar-refractivity contribution in [1.29, 1.82) is 0 Å². The summed E-state index contributed by atoms with van der Waals surface area (Å²) < 4.78 is 50.9. The van der Waals surface area contributed by atoms with Crippen LogP contribution in [0.25, 0.3) is 0 Å². The van der Waals surface area contributed by atoms with Crippen molar-refractivity contribution < 1.29 is 27.4 Å². The van der Waals surface area contributed by atoms with Crippen LogP contribution < -0.4 is 4.74 Å². The zero-order valence-electron chi connectivity index (χ0n) is 9.06. The van der Waals surface area contributed by atoms with Crippen LogP contribution >= 0.6 is 0 Å². The van der Waals surface area contributed by atoms with Crippen LogP contribution in [0.15, 0.2) is 23.1 Å². The first-order valence-corrected chi connectivity index (χ1v) is 5.99. The van der Waals surface area contributed by atoms with Crippen LogP contribution in [0.2, 0.25) is 0 Å². The number of hydrogen-bond acceptors (Lipinski definition) is 4. The van der Waals surface area contributed by atoms with Crippen LogP contribution in [-0.4, -0.2) is 21.6 Å². The Bertz CT molecular complexity index is 452. The normalized spacial score (nSPS) is 13.2. The highest BCUT2D eigenvalue weighted by molar-refractivity contribution is 7.91. The highest BCUT2D eigenvalue weighted by Gasteiger charge is 2.33. The fraction of sp³-hybridized carbons (Fsp3) is 0.333. The Balaban J connectivity index is 3.15. The second-order valence-electron chi connectivity index (χ2n) is 3.07. The van der Waals surface area contributed by atoms with Crippen molar-refractivity contribution in [2.45, 2.75) is 18.2 Å². The molecular formula is C9H8F3NO4S. The summed E-state index contributed by atoms with van der Waals surface area (Å²) in [5.74, 6) is -0.591. The Labute approximate surface area is 103 Å². The van der Waals surface area contributed by atoms with Crippen molar-refractivity contribution in [1.82, 2.24) is 0 Å². The average molecular weight is 283 g/mol. The van der Waals surface area contributed by atoms with E-state index in [0.29, 0.717) is 6.07 Å². The van der Waals surface area contributed by atoms with Gasteiger partial charge in [0.1, 0.15) is 11.5 Å². The van der Waals surface area contributed by atoms with Gasteiger partial charge in [0.05, 0.1) is 11.0 Å². The summed E-state index contributed by atoms with van der Waals surface area (Å²) in [7, 11) is 0. The summed E-state index contributed by atoms with van der Waals surface area (Å²) in [6.07, 6.45) is -4.93. The van der Waals surface area contributed by atoms with E-state index in [1.54, 1.807) is 6.92 Å². The second-order valence-corrected chi connectivity index (χ2v) is 4.78. The fourth-order valence-electron chi connectivity index (χ4n) is 1.19. The standard InChI is InChI=1S/C9H8F3NO4S/c1-2-18(16)8-4-3-6(17-9(10,11)12)5-7(8)13(14)15/h3-5H,2H2,1H3. The molecule has 0 spiro atoms. The van der Waals surface area contributed by atoms with Crippen LogP contribution in [-0.2, 0) is 11.2 Å². The van der Waals surface area contributed by atoms with Gasteiger partial charge in [-0.2, -0.15) is 0 Å². The van der Waals surface area contributed by atoms with Crippen LogP contribution in [0.4, 0.5) is 18.9 Å². The lowest BCUT2D eigenvalue weighted by Crippen LogP contribution is -2.17. The van der Waals surface area contributed by atoms with E-state index in [4.69, 9.17) is 0 Å². The van der Waals surface area contributed by atoms with Crippen LogP contribution in [0.1, 0.15) is 6.92 Å². The Morgan fingerprint density at radius 3 is 2.50 bits per heavy atom. The molecule has 1 aromatic rings. The van der Waals surface area contributed by atoms with Gasteiger partial charge in [-0.25, -0.2) is 0 Å². The zero-order chi connectivity index (χ0) is 13.9. The summed E-state index contributed by atoms with van der Waals surface area (Å²) in [5.41, 5.74) is -0.656. The molecule has 5 nitrogen and oxygen atoms in total. The van der Waals surface area contributed by atoms with Crippen LogP contribution in [0.5, 0.6) is 5.75 Å². The lowest BCUT2D eigenvalue weighted by atomic mass is 10.3. The summed E-state index contributed by atoms with van der Waals surface area (Å²) in [5, 5.41) is 10.7. The van der Waals surface area contributed by atoms with Gasteiger partial charge in [-0.1, -0.05) is 0 Å². The van der Waals surface area contributed by atoms with E-state index in [-0.39, 0.29) is 10.6 Å². The predicted molar refractivity (Wildman–Crippen MR) is 56.7 cm³/mol. The van der Waals surface area contributed by atoms with E-state index in [2.05, 4.69) is 4.74 Å². The molecule has 0 aromatic heterocycles. The molecule has 0 saturated heterocycles. The van der Waals surface area contributed by atoms with Gasteiger partial charge in [0, 0.05) is 6.07 Å². The maximum absolute atomic E-state index is 11.9. The predicted octanol–water partition coefficient (Wildman–Crippen LogP) is 2.62. The first-order valence-electron chi connectivity index (χ1n) is 4.67. The van der Waals surface area contributed by atoms with Gasteiger partial charge in [0.2, 0.25) is 4.90 Å². The molecular weight excluding hydrogens is 275 g/mol. The molecule has 0 aliphatic heterocycles. The Morgan fingerprint density at radius 1 is 1.44 bits per heavy atom. The van der Waals surface area contributed by atoms with Crippen molar-refractivity contribution in [3.05, 3.63) is 28.3 Å². The van der Waals surface area contributed by atoms with Crippen molar-refractivity contribution in [2.75, 3.05) is 5.75 Å². The number of rotatable bonds is 4. The molecule has 0 saturated carbocycles. The van der Waals surface area contributed by atoms with Gasteiger partial charge in [-0.05, 0) is 24.2 Å². The minimum atomic E-state index is -4.93. The Hall–Kier alpha value is -1.48. The van der Waals surface area contributed by atoms with Crippen molar-refractivity contribution in [3.8, 4) is 5.75 Å². The van der Waals surface area contributed by atoms with Gasteiger partial charge in [0.25, 0.3) is 0 Å². The number of benzene rings is 1. The molecule has 0 fully saturated rings. The molecule has 1 rings (SSSR count). The number of halogens is 3. The second kappa shape index (κ2) is 5.44. The van der Waals surface area contributed by atoms with Crippen molar-refractivity contribution in [3.63, 3.8) is 0 Å². The minimum absolute atomic E-state index is 0.125. The van der Waals surface area contributed by atoms with Gasteiger partial charge >= 0.3 is 12.0 Å². The molecule has 0 aliphatic rings. The number of nitro groups is 1. The monoisotopic (exact) mass is 283 g/mol. The fourth-order valence-corrected chi connectivity index (χ4v) is 2.08. The lowest BCUT2D eigenvalue weighted by Gasteiger charge is -2.11. The first kappa shape index (κ1) is 14.6. The number of hydrogen-bond donors (Lipinski definition) is 0. The zero-order valence-corrected chi connectivity index (χ0v) is 9.88. The molecule has 0 heterocycles. The maximum Gasteiger partial charge on any atom is 0.573 e. The molecule has 18 heavy (non-hydrogen) atoms. The topological polar surface area (TPSA) is 75.4 Å². The van der Waals surface area contributed by atoms with E-state index in [0.717, 1.165) is 12.1 Å². The highest BCUT2D eigenvalue weighted by atomic mass is 32.2. The molecule has 0 amide bonds. The molecule has 1 atom stereocenters. The van der Waals surface area contributed by atoms with Gasteiger partial charge in [-0.3, -0.25) is 10.1 Å². The number of ether oxygens (including phenoxy) is 1. The number of nitrogens with zero attached hydrogens (tertiary/aromatic N) is 1. The smallest absolute Gasteiger partial charge is 0.573 e. The first-order chi connectivity index (χ1) is 8.24. The van der Waals surface area contributed by atoms with E-state index in [1.165, 1.54) is 0 Å². The number of nitro benzene ring substituents is 1. The third-order valence-electron chi connectivity index (χ3n) is 1.87. The third-order valence-corrected chi connectivity index (χ3v) is 3.23. The van der Waals surface area contributed by atoms with E-state index < -0.39 is 33.9 Å². The Morgan fingerprint density at radius 2 is 2.06 bits per heavy atom. The van der Waals surface area contributed by atoms with E-state index >= 15 is 0 Å². The largest absolute Gasteiger partial charge is 0.611 e.